The zero-order chi connectivity index (χ0) is 6.97. The lowest BCUT2D eigenvalue weighted by atomic mass is 10.5. The monoisotopic (exact) mass is 152 g/mol. The largest absolute Gasteiger partial charge is 0.340 e. The zero-order valence-corrected chi connectivity index (χ0v) is 5.84. The molecule has 0 spiro atoms. The standard InChI is InChI=1S/C5H4N4S/c10-5-8-3-1-6-2-7-4(3)9-5/h1-2,8,10H/q+1. The fraction of sp³-hybridized carbons (Fsp3) is 0. The molecule has 2 heterocycles. The first kappa shape index (κ1) is 5.67. The Morgan fingerprint density at radius 2 is 2.50 bits per heavy atom. The van der Waals surface area contributed by atoms with Crippen LogP contribution in [-0.2, 0) is 0 Å². The third-order valence-electron chi connectivity index (χ3n) is 1.15. The fourth-order valence-corrected chi connectivity index (χ4v) is 0.964. The third kappa shape index (κ3) is 0.750. The lowest BCUT2D eigenvalue weighted by Gasteiger charge is -1.84. The topological polar surface area (TPSA) is 51.9 Å². The Hall–Kier alpha value is -1.10. The van der Waals surface area contributed by atoms with E-state index in [1.54, 1.807) is 6.20 Å². The van der Waals surface area contributed by atoms with Gasteiger partial charge in [-0.25, -0.2) is 4.98 Å². The number of anilines is 1. The molecule has 0 bridgehead atoms. The summed E-state index contributed by atoms with van der Waals surface area (Å²) in [5.74, 6) is 0.653. The van der Waals surface area contributed by atoms with Gasteiger partial charge in [-0.2, -0.15) is 0 Å². The van der Waals surface area contributed by atoms with Crippen LogP contribution in [0.1, 0.15) is 0 Å². The van der Waals surface area contributed by atoms with Crippen LogP contribution in [0.5, 0.6) is 0 Å². The van der Waals surface area contributed by atoms with Crippen molar-refractivity contribution in [1.29, 1.82) is 0 Å². The van der Waals surface area contributed by atoms with E-state index in [2.05, 4.69) is 32.9 Å². The van der Waals surface area contributed by atoms with Crippen molar-refractivity contribution in [2.24, 2.45) is 0 Å². The van der Waals surface area contributed by atoms with E-state index < -0.39 is 0 Å². The van der Waals surface area contributed by atoms with E-state index in [4.69, 9.17) is 0 Å². The molecule has 1 radical (unpaired) electrons. The highest BCUT2D eigenvalue weighted by atomic mass is 32.1. The Balaban J connectivity index is 2.54. The molecular formula is C5H4N4S+. The van der Waals surface area contributed by atoms with Gasteiger partial charge in [0.2, 0.25) is 0 Å². The normalized spacial score (nSPS) is 13.9. The van der Waals surface area contributed by atoms with Crippen molar-refractivity contribution in [2.45, 2.75) is 0 Å². The quantitative estimate of drug-likeness (QED) is 0.520. The first-order chi connectivity index (χ1) is 4.86. The summed E-state index contributed by atoms with van der Waals surface area (Å²) in [4.78, 5) is 11.7. The average molecular weight is 152 g/mol. The summed E-state index contributed by atoms with van der Waals surface area (Å²) in [5.41, 5.74) is 0.813. The Morgan fingerprint density at radius 3 is 3.30 bits per heavy atom. The summed E-state index contributed by atoms with van der Waals surface area (Å²) in [6.45, 7) is 0. The number of rotatable bonds is 0. The predicted molar refractivity (Wildman–Crippen MR) is 41.4 cm³/mol. The van der Waals surface area contributed by atoms with Gasteiger partial charge in [0.15, 0.2) is 12.0 Å². The van der Waals surface area contributed by atoms with Crippen LogP contribution in [-0.4, -0.2) is 15.1 Å². The van der Waals surface area contributed by atoms with Crippen molar-refractivity contribution in [1.82, 2.24) is 15.0 Å². The Labute approximate surface area is 62.8 Å². The molecule has 5 heteroatoms. The van der Waals surface area contributed by atoms with E-state index in [1.165, 1.54) is 6.33 Å². The van der Waals surface area contributed by atoms with Crippen molar-refractivity contribution in [3.05, 3.63) is 12.5 Å². The molecule has 1 aliphatic rings. The number of fused-ring (bicyclic) bond motifs is 1. The van der Waals surface area contributed by atoms with Gasteiger partial charge < -0.3 is 0 Å². The molecule has 2 rings (SSSR count). The number of hydrogen-bond donors (Lipinski definition) is 2. The molecule has 0 unspecified atom stereocenters. The van der Waals surface area contributed by atoms with Crippen LogP contribution in [0.25, 0.3) is 0 Å². The second-order valence-electron chi connectivity index (χ2n) is 1.82. The van der Waals surface area contributed by atoms with E-state index in [1.807, 2.05) is 0 Å². The molecule has 0 atom stereocenters. The van der Waals surface area contributed by atoms with Gasteiger partial charge in [-0.3, -0.25) is 5.32 Å². The van der Waals surface area contributed by atoms with Crippen LogP contribution in [0.2, 0.25) is 0 Å². The molecule has 0 amide bonds. The van der Waals surface area contributed by atoms with E-state index in [-0.39, 0.29) is 0 Å². The van der Waals surface area contributed by atoms with Gasteiger partial charge in [0.25, 0.3) is 5.17 Å². The molecule has 4 nitrogen and oxygen atoms in total. The number of hydrogen-bond acceptors (Lipinski definition) is 4. The first-order valence-corrected chi connectivity index (χ1v) is 3.15. The van der Waals surface area contributed by atoms with Crippen LogP contribution in [0, 0.1) is 0 Å². The molecule has 1 aromatic rings. The maximum atomic E-state index is 4.01. The number of nitrogens with zero attached hydrogens (tertiary/aromatic N) is 3. The number of thiol groups is 1. The summed E-state index contributed by atoms with van der Waals surface area (Å²) < 4.78 is 0. The van der Waals surface area contributed by atoms with Crippen molar-refractivity contribution in [2.75, 3.05) is 5.32 Å². The molecule has 1 N–H and O–H groups in total. The van der Waals surface area contributed by atoms with Crippen molar-refractivity contribution in [3.63, 3.8) is 0 Å². The minimum absolute atomic E-state index is 0.565. The summed E-state index contributed by atoms with van der Waals surface area (Å²) in [7, 11) is 0. The molecule has 0 aliphatic carbocycles. The zero-order valence-electron chi connectivity index (χ0n) is 4.94. The molecule has 0 saturated heterocycles. The van der Waals surface area contributed by atoms with Crippen LogP contribution < -0.4 is 10.3 Å². The minimum atomic E-state index is 0.565. The Morgan fingerprint density at radius 1 is 1.60 bits per heavy atom. The second-order valence-corrected chi connectivity index (χ2v) is 2.24. The van der Waals surface area contributed by atoms with Gasteiger partial charge in [0.1, 0.15) is 0 Å². The van der Waals surface area contributed by atoms with Crippen molar-refractivity contribution >= 4 is 29.3 Å². The second kappa shape index (κ2) is 1.95. The van der Waals surface area contributed by atoms with Crippen LogP contribution in [0.15, 0.2) is 12.5 Å². The maximum absolute atomic E-state index is 4.01. The van der Waals surface area contributed by atoms with Crippen LogP contribution >= 0.6 is 12.6 Å². The number of aliphatic imine (C=N–C) groups is 1. The highest BCUT2D eigenvalue weighted by molar-refractivity contribution is 7.97. The molecule has 1 aliphatic heterocycles. The highest BCUT2D eigenvalue weighted by Crippen LogP contribution is 2.19. The lowest BCUT2D eigenvalue weighted by molar-refractivity contribution is 1.14. The summed E-state index contributed by atoms with van der Waals surface area (Å²) >= 11 is 4.01. The highest BCUT2D eigenvalue weighted by Gasteiger charge is 2.21. The predicted octanol–water partition coefficient (Wildman–Crippen LogP) is 0.155. The first-order valence-electron chi connectivity index (χ1n) is 2.71. The number of nitrogens with one attached hydrogen (secondary N) is 1. The van der Waals surface area contributed by atoms with Crippen LogP contribution in [0.4, 0.5) is 11.5 Å². The molecule has 1 aromatic heterocycles. The fourth-order valence-electron chi connectivity index (χ4n) is 0.749. The van der Waals surface area contributed by atoms with Gasteiger partial charge in [0, 0.05) is 0 Å². The van der Waals surface area contributed by atoms with Gasteiger partial charge in [0.05, 0.1) is 6.20 Å². The molecule has 10 heavy (non-hydrogen) atoms. The van der Waals surface area contributed by atoms with E-state index in [0.717, 1.165) is 5.69 Å². The molecule has 0 fully saturated rings. The SMILES string of the molecule is SC1=[N+]c2ncncc2N1. The molecule has 0 saturated carbocycles. The smallest absolute Gasteiger partial charge is 0.258 e. The Bertz CT molecular complexity index is 295. The number of amidine groups is 1. The van der Waals surface area contributed by atoms with Gasteiger partial charge in [-0.05, 0) is 0 Å². The average Bonchev–Trinajstić information content (AvgIpc) is 2.27. The molecule has 0 aromatic carbocycles. The third-order valence-corrected chi connectivity index (χ3v) is 1.36. The summed E-state index contributed by atoms with van der Waals surface area (Å²) in [5, 5.41) is 3.45. The van der Waals surface area contributed by atoms with Gasteiger partial charge >= 0.3 is 5.82 Å². The van der Waals surface area contributed by atoms with E-state index in [0.29, 0.717) is 11.0 Å². The van der Waals surface area contributed by atoms with Crippen LogP contribution in [0.3, 0.4) is 0 Å². The Kier molecular flexibility index (Phi) is 1.10. The van der Waals surface area contributed by atoms with Gasteiger partial charge in [-0.15, -0.1) is 0 Å². The lowest BCUT2D eigenvalue weighted by Crippen LogP contribution is -2.00. The van der Waals surface area contributed by atoms with Crippen molar-refractivity contribution < 1.29 is 0 Å². The maximum Gasteiger partial charge on any atom is 0.340 e. The molecular weight excluding hydrogens is 148 g/mol. The number of aromatic nitrogens is 2. The van der Waals surface area contributed by atoms with E-state index >= 15 is 0 Å². The summed E-state index contributed by atoms with van der Waals surface area (Å²) in [6.07, 6.45) is 3.12. The van der Waals surface area contributed by atoms with E-state index in [9.17, 15) is 0 Å². The summed E-state index contributed by atoms with van der Waals surface area (Å²) in [6, 6.07) is 0. The molecule has 49 valence electrons. The van der Waals surface area contributed by atoms with Gasteiger partial charge in [-0.1, -0.05) is 22.6 Å². The minimum Gasteiger partial charge on any atom is -0.258 e. The van der Waals surface area contributed by atoms with Crippen molar-refractivity contribution in [3.8, 4) is 0 Å².